The number of piperidine rings is 1. The fourth-order valence-electron chi connectivity index (χ4n) is 4.28. The maximum absolute atomic E-state index is 11.3. The van der Waals surface area contributed by atoms with Crippen molar-refractivity contribution in [1.82, 2.24) is 10.2 Å². The first-order valence-electron chi connectivity index (χ1n) is 8.33. The van der Waals surface area contributed by atoms with Crippen molar-refractivity contribution in [1.29, 1.82) is 0 Å². The van der Waals surface area contributed by atoms with Gasteiger partial charge in [0.1, 0.15) is 17.1 Å². The van der Waals surface area contributed by atoms with Crippen LogP contribution in [0.1, 0.15) is 38.4 Å². The van der Waals surface area contributed by atoms with Gasteiger partial charge in [0.05, 0.1) is 6.54 Å². The summed E-state index contributed by atoms with van der Waals surface area (Å²) in [6.45, 7) is 2.40. The monoisotopic (exact) mass is 314 g/mol. The second-order valence-corrected chi connectivity index (χ2v) is 6.86. The van der Waals surface area contributed by atoms with Gasteiger partial charge in [0, 0.05) is 30.4 Å². The lowest BCUT2D eigenvalue weighted by molar-refractivity contribution is -0.120. The van der Waals surface area contributed by atoms with E-state index in [4.69, 9.17) is 4.42 Å². The molecule has 5 heteroatoms. The number of phenols is 1. The number of carbonyl (C=O) groups excluding carboxylic acids is 1. The third-order valence-electron chi connectivity index (χ3n) is 5.18. The van der Waals surface area contributed by atoms with Gasteiger partial charge in [-0.05, 0) is 49.9 Å². The van der Waals surface area contributed by atoms with Gasteiger partial charge in [-0.15, -0.1) is 0 Å². The Bertz CT molecular complexity index is 725. The van der Waals surface area contributed by atoms with Gasteiger partial charge in [-0.3, -0.25) is 9.69 Å². The second-order valence-electron chi connectivity index (χ2n) is 6.86. The standard InChI is InChI=1S/C18H22N2O3/c1-11(21)19-13-8-14-2-3-15(9-13)20(14)10-17-7-12-6-16(22)4-5-18(12)23-17/h4-7,13-15,22H,2-3,8-10H2,1H3,(H,19,21)/t13-,14+,15-. The second kappa shape index (κ2) is 5.57. The fraction of sp³-hybridized carbons (Fsp3) is 0.500. The maximum atomic E-state index is 11.3. The highest BCUT2D eigenvalue weighted by molar-refractivity contribution is 5.79. The summed E-state index contributed by atoms with van der Waals surface area (Å²) in [7, 11) is 0. The number of hydrogen-bond donors (Lipinski definition) is 2. The zero-order valence-corrected chi connectivity index (χ0v) is 13.3. The zero-order valence-electron chi connectivity index (χ0n) is 13.3. The number of fused-ring (bicyclic) bond motifs is 3. The molecule has 1 aromatic heterocycles. The number of aromatic hydroxyl groups is 1. The number of phenolic OH excluding ortho intramolecular Hbond substituents is 1. The molecule has 0 radical (unpaired) electrons. The van der Waals surface area contributed by atoms with Crippen LogP contribution in [0.4, 0.5) is 0 Å². The quantitative estimate of drug-likeness (QED) is 0.914. The molecule has 2 aliphatic rings. The normalized spacial score (nSPS) is 27.4. The Morgan fingerprint density at radius 3 is 2.74 bits per heavy atom. The van der Waals surface area contributed by atoms with Gasteiger partial charge in [0.25, 0.3) is 0 Å². The number of carbonyl (C=O) groups is 1. The summed E-state index contributed by atoms with van der Waals surface area (Å²) in [6.07, 6.45) is 4.44. The zero-order chi connectivity index (χ0) is 16.0. The van der Waals surface area contributed by atoms with Crippen LogP contribution in [0.3, 0.4) is 0 Å². The highest BCUT2D eigenvalue weighted by Crippen LogP contribution is 2.37. The third kappa shape index (κ3) is 2.81. The molecule has 2 bridgehead atoms. The molecule has 23 heavy (non-hydrogen) atoms. The first-order chi connectivity index (χ1) is 11.1. The van der Waals surface area contributed by atoms with Crippen molar-refractivity contribution in [3.63, 3.8) is 0 Å². The van der Waals surface area contributed by atoms with Crippen molar-refractivity contribution in [3.05, 3.63) is 30.0 Å². The summed E-state index contributed by atoms with van der Waals surface area (Å²) in [6, 6.07) is 8.58. The number of rotatable bonds is 3. The van der Waals surface area contributed by atoms with E-state index in [2.05, 4.69) is 10.2 Å². The van der Waals surface area contributed by atoms with Crippen molar-refractivity contribution in [2.24, 2.45) is 0 Å². The largest absolute Gasteiger partial charge is 0.508 e. The number of nitrogens with zero attached hydrogens (tertiary/aromatic N) is 1. The van der Waals surface area contributed by atoms with Crippen LogP contribution in [-0.2, 0) is 11.3 Å². The van der Waals surface area contributed by atoms with Gasteiger partial charge in [0.15, 0.2) is 0 Å². The molecule has 4 rings (SSSR count). The average molecular weight is 314 g/mol. The molecular formula is C18H22N2O3. The van der Waals surface area contributed by atoms with Crippen molar-refractivity contribution >= 4 is 16.9 Å². The Balaban J connectivity index is 1.49. The maximum Gasteiger partial charge on any atom is 0.217 e. The molecule has 2 aromatic rings. The lowest BCUT2D eigenvalue weighted by Gasteiger charge is -2.38. The summed E-state index contributed by atoms with van der Waals surface area (Å²) in [5.41, 5.74) is 0.818. The first kappa shape index (κ1) is 14.6. The van der Waals surface area contributed by atoms with Crippen LogP contribution in [0.15, 0.2) is 28.7 Å². The van der Waals surface area contributed by atoms with Gasteiger partial charge >= 0.3 is 0 Å². The molecular weight excluding hydrogens is 292 g/mol. The Hall–Kier alpha value is -2.01. The van der Waals surface area contributed by atoms with E-state index < -0.39 is 0 Å². The van der Waals surface area contributed by atoms with E-state index in [0.717, 1.165) is 36.1 Å². The molecule has 3 atom stereocenters. The van der Waals surface area contributed by atoms with Gasteiger partial charge in [-0.25, -0.2) is 0 Å². The molecule has 1 amide bonds. The number of benzene rings is 1. The Morgan fingerprint density at radius 2 is 2.04 bits per heavy atom. The smallest absolute Gasteiger partial charge is 0.217 e. The molecule has 0 aliphatic carbocycles. The number of hydrogen-bond acceptors (Lipinski definition) is 4. The topological polar surface area (TPSA) is 65.7 Å². The van der Waals surface area contributed by atoms with Gasteiger partial charge in [-0.2, -0.15) is 0 Å². The van der Waals surface area contributed by atoms with E-state index in [9.17, 15) is 9.90 Å². The Morgan fingerprint density at radius 1 is 1.30 bits per heavy atom. The summed E-state index contributed by atoms with van der Waals surface area (Å²) in [4.78, 5) is 13.8. The van der Waals surface area contributed by atoms with Crippen molar-refractivity contribution in [2.75, 3.05) is 0 Å². The summed E-state index contributed by atoms with van der Waals surface area (Å²) >= 11 is 0. The third-order valence-corrected chi connectivity index (χ3v) is 5.18. The Labute approximate surface area is 135 Å². The summed E-state index contributed by atoms with van der Waals surface area (Å²) < 4.78 is 5.92. The van der Waals surface area contributed by atoms with E-state index >= 15 is 0 Å². The Kier molecular flexibility index (Phi) is 3.53. The molecule has 2 fully saturated rings. The van der Waals surface area contributed by atoms with Crippen LogP contribution >= 0.6 is 0 Å². The molecule has 2 saturated heterocycles. The summed E-state index contributed by atoms with van der Waals surface area (Å²) in [5, 5.41) is 13.6. The predicted octanol–water partition coefficient (Wildman–Crippen LogP) is 2.77. The lowest BCUT2D eigenvalue weighted by atomic mass is 9.97. The molecule has 0 spiro atoms. The van der Waals surface area contributed by atoms with Crippen LogP contribution in [-0.4, -0.2) is 34.0 Å². The minimum Gasteiger partial charge on any atom is -0.508 e. The molecule has 1 aromatic carbocycles. The van der Waals surface area contributed by atoms with Gasteiger partial charge in [-0.1, -0.05) is 0 Å². The van der Waals surface area contributed by atoms with Crippen molar-refractivity contribution in [2.45, 2.75) is 57.3 Å². The fourth-order valence-corrected chi connectivity index (χ4v) is 4.28. The molecule has 5 nitrogen and oxygen atoms in total. The SMILES string of the molecule is CC(=O)N[C@H]1C[C@H]2CC[C@@H](C1)N2Cc1cc2cc(O)ccc2o1. The van der Waals surface area contributed by atoms with Crippen molar-refractivity contribution < 1.29 is 14.3 Å². The summed E-state index contributed by atoms with van der Waals surface area (Å²) in [5.74, 6) is 1.28. The van der Waals surface area contributed by atoms with E-state index in [1.54, 1.807) is 19.1 Å². The number of amides is 1. The average Bonchev–Trinajstić information content (AvgIpc) is 2.96. The molecule has 2 aliphatic heterocycles. The minimum absolute atomic E-state index is 0.0694. The predicted molar refractivity (Wildman–Crippen MR) is 87.1 cm³/mol. The molecule has 0 saturated carbocycles. The van der Waals surface area contributed by atoms with E-state index in [-0.39, 0.29) is 11.7 Å². The lowest BCUT2D eigenvalue weighted by Crippen LogP contribution is -2.49. The van der Waals surface area contributed by atoms with Crippen molar-refractivity contribution in [3.8, 4) is 5.75 Å². The highest BCUT2D eigenvalue weighted by Gasteiger charge is 2.41. The van der Waals surface area contributed by atoms with Gasteiger partial charge < -0.3 is 14.8 Å². The number of furan rings is 1. The highest BCUT2D eigenvalue weighted by atomic mass is 16.3. The molecule has 0 unspecified atom stereocenters. The van der Waals surface area contributed by atoms with Crippen LogP contribution in [0.5, 0.6) is 5.75 Å². The van der Waals surface area contributed by atoms with Crippen LogP contribution in [0, 0.1) is 0 Å². The van der Waals surface area contributed by atoms with Crippen LogP contribution < -0.4 is 5.32 Å². The first-order valence-corrected chi connectivity index (χ1v) is 8.33. The van der Waals surface area contributed by atoms with Crippen LogP contribution in [0.2, 0.25) is 0 Å². The molecule has 2 N–H and O–H groups in total. The van der Waals surface area contributed by atoms with E-state index in [0.29, 0.717) is 18.1 Å². The van der Waals surface area contributed by atoms with Gasteiger partial charge in [0.2, 0.25) is 5.91 Å². The van der Waals surface area contributed by atoms with E-state index in [1.165, 1.54) is 12.8 Å². The molecule has 122 valence electrons. The minimum atomic E-state index is 0.0694. The molecule has 3 heterocycles. The number of nitrogens with one attached hydrogen (secondary N) is 1. The van der Waals surface area contributed by atoms with Crippen LogP contribution in [0.25, 0.3) is 11.0 Å². The van der Waals surface area contributed by atoms with E-state index in [1.807, 2.05) is 12.1 Å².